The highest BCUT2D eigenvalue weighted by Gasteiger charge is 2.18. The molecule has 2 heterocycles. The third-order valence-electron chi connectivity index (χ3n) is 3.72. The highest BCUT2D eigenvalue weighted by atomic mass is 19.1. The quantitative estimate of drug-likeness (QED) is 0.773. The summed E-state index contributed by atoms with van der Waals surface area (Å²) in [5.41, 5.74) is 0.828. The lowest BCUT2D eigenvalue weighted by molar-refractivity contribution is -0.124. The summed E-state index contributed by atoms with van der Waals surface area (Å²) in [5.74, 6) is -0.197. The molecule has 0 saturated carbocycles. The topological polar surface area (TPSA) is 77.1 Å². The molecule has 1 unspecified atom stereocenters. The molecule has 1 atom stereocenters. The van der Waals surface area contributed by atoms with Gasteiger partial charge in [0.15, 0.2) is 5.76 Å². The molecule has 2 aromatic heterocycles. The third-order valence-corrected chi connectivity index (χ3v) is 3.72. The normalized spacial score (nSPS) is 11.9. The van der Waals surface area contributed by atoms with Gasteiger partial charge in [-0.1, -0.05) is 12.1 Å². The van der Waals surface area contributed by atoms with Gasteiger partial charge in [0.05, 0.1) is 6.26 Å². The maximum absolute atomic E-state index is 12.9. The predicted octanol–water partition coefficient (Wildman–Crippen LogP) is 2.52. The van der Waals surface area contributed by atoms with Crippen LogP contribution in [0.1, 0.15) is 18.5 Å². The molecule has 0 saturated heterocycles. The number of benzene rings is 1. The molecule has 3 rings (SSSR count). The van der Waals surface area contributed by atoms with E-state index in [2.05, 4.69) is 10.4 Å². The molecular formula is C18H16FN3O3. The van der Waals surface area contributed by atoms with Crippen molar-refractivity contribution in [3.8, 4) is 11.5 Å². The Morgan fingerprint density at radius 3 is 2.68 bits per heavy atom. The van der Waals surface area contributed by atoms with Gasteiger partial charge in [0.1, 0.15) is 17.6 Å². The van der Waals surface area contributed by atoms with Crippen LogP contribution in [0.15, 0.2) is 64.0 Å². The fraction of sp³-hybridized carbons (Fsp3) is 0.167. The van der Waals surface area contributed by atoms with Crippen molar-refractivity contribution >= 4 is 5.91 Å². The number of carbonyl (C=O) groups excluding carboxylic acids is 1. The summed E-state index contributed by atoms with van der Waals surface area (Å²) in [6.45, 7) is 1.82. The maximum atomic E-state index is 12.9. The van der Waals surface area contributed by atoms with Crippen molar-refractivity contribution in [2.75, 3.05) is 0 Å². The summed E-state index contributed by atoms with van der Waals surface area (Å²) in [5, 5.41) is 6.92. The highest BCUT2D eigenvalue weighted by Crippen LogP contribution is 2.16. The van der Waals surface area contributed by atoms with Crippen LogP contribution >= 0.6 is 0 Å². The monoisotopic (exact) mass is 341 g/mol. The molecule has 1 amide bonds. The second kappa shape index (κ2) is 7.12. The number of aromatic nitrogens is 2. The van der Waals surface area contributed by atoms with Crippen LogP contribution in [0.3, 0.4) is 0 Å². The number of amides is 1. The molecule has 0 bridgehead atoms. The SMILES string of the molecule is CC(C(=O)NCc1ccc(F)cc1)n1nc(-c2ccco2)ccc1=O. The summed E-state index contributed by atoms with van der Waals surface area (Å²) in [7, 11) is 0. The van der Waals surface area contributed by atoms with Gasteiger partial charge in [-0.05, 0) is 42.8 Å². The van der Waals surface area contributed by atoms with E-state index < -0.39 is 6.04 Å². The lowest BCUT2D eigenvalue weighted by Crippen LogP contribution is -2.36. The molecule has 7 heteroatoms. The summed E-state index contributed by atoms with van der Waals surface area (Å²) in [6, 6.07) is 11.3. The van der Waals surface area contributed by atoms with Crippen molar-refractivity contribution in [3.63, 3.8) is 0 Å². The average molecular weight is 341 g/mol. The van der Waals surface area contributed by atoms with Crippen LogP contribution in [-0.4, -0.2) is 15.7 Å². The van der Waals surface area contributed by atoms with Crippen molar-refractivity contribution in [1.82, 2.24) is 15.1 Å². The van der Waals surface area contributed by atoms with E-state index >= 15 is 0 Å². The molecule has 128 valence electrons. The Labute approximate surface area is 142 Å². The first-order valence-electron chi connectivity index (χ1n) is 7.70. The number of hydrogen-bond acceptors (Lipinski definition) is 4. The van der Waals surface area contributed by atoms with Crippen molar-refractivity contribution in [1.29, 1.82) is 0 Å². The molecule has 6 nitrogen and oxygen atoms in total. The zero-order valence-electron chi connectivity index (χ0n) is 13.5. The summed E-state index contributed by atoms with van der Waals surface area (Å²) >= 11 is 0. The zero-order chi connectivity index (χ0) is 17.8. The predicted molar refractivity (Wildman–Crippen MR) is 89.2 cm³/mol. The van der Waals surface area contributed by atoms with E-state index in [1.54, 1.807) is 37.3 Å². The zero-order valence-corrected chi connectivity index (χ0v) is 13.5. The number of furan rings is 1. The first-order valence-corrected chi connectivity index (χ1v) is 7.70. The van der Waals surface area contributed by atoms with Crippen LogP contribution < -0.4 is 10.9 Å². The number of nitrogens with one attached hydrogen (secondary N) is 1. The van der Waals surface area contributed by atoms with Crippen LogP contribution in [0, 0.1) is 5.82 Å². The van der Waals surface area contributed by atoms with Gasteiger partial charge in [0.2, 0.25) is 5.91 Å². The standard InChI is InChI=1S/C18H16FN3O3/c1-12(18(24)20-11-13-4-6-14(19)7-5-13)22-17(23)9-8-15(21-22)16-3-2-10-25-16/h2-10,12H,11H2,1H3,(H,20,24). The number of rotatable bonds is 5. The van der Waals surface area contributed by atoms with Crippen LogP contribution in [-0.2, 0) is 11.3 Å². The Morgan fingerprint density at radius 2 is 2.00 bits per heavy atom. The van der Waals surface area contributed by atoms with Crippen molar-refractivity contribution in [3.05, 3.63) is 76.5 Å². The molecule has 0 aliphatic rings. The molecule has 0 radical (unpaired) electrons. The van der Waals surface area contributed by atoms with E-state index in [4.69, 9.17) is 4.42 Å². The van der Waals surface area contributed by atoms with E-state index in [0.717, 1.165) is 10.2 Å². The second-order valence-electron chi connectivity index (χ2n) is 5.50. The first kappa shape index (κ1) is 16.6. The number of halogens is 1. The lowest BCUT2D eigenvalue weighted by atomic mass is 10.2. The van der Waals surface area contributed by atoms with Crippen molar-refractivity contribution in [2.45, 2.75) is 19.5 Å². The van der Waals surface area contributed by atoms with Gasteiger partial charge in [0.25, 0.3) is 5.56 Å². The molecule has 1 aromatic carbocycles. The maximum Gasteiger partial charge on any atom is 0.267 e. The summed E-state index contributed by atoms with van der Waals surface area (Å²) in [4.78, 5) is 24.4. The number of hydrogen-bond donors (Lipinski definition) is 1. The van der Waals surface area contributed by atoms with Gasteiger partial charge < -0.3 is 9.73 Å². The van der Waals surface area contributed by atoms with Crippen LogP contribution in [0.4, 0.5) is 4.39 Å². The highest BCUT2D eigenvalue weighted by molar-refractivity contribution is 5.79. The minimum Gasteiger partial charge on any atom is -0.463 e. The van der Waals surface area contributed by atoms with E-state index in [9.17, 15) is 14.0 Å². The molecule has 1 N–H and O–H groups in total. The van der Waals surface area contributed by atoms with Crippen LogP contribution in [0.5, 0.6) is 0 Å². The van der Waals surface area contributed by atoms with Gasteiger partial charge in [0, 0.05) is 12.6 Å². The molecule has 0 fully saturated rings. The van der Waals surface area contributed by atoms with E-state index in [-0.39, 0.29) is 23.8 Å². The number of nitrogens with zero attached hydrogens (tertiary/aromatic N) is 2. The van der Waals surface area contributed by atoms with Crippen molar-refractivity contribution < 1.29 is 13.6 Å². The Bertz CT molecular complexity index is 917. The lowest BCUT2D eigenvalue weighted by Gasteiger charge is -2.14. The van der Waals surface area contributed by atoms with Crippen LogP contribution in [0.2, 0.25) is 0 Å². The van der Waals surface area contributed by atoms with Gasteiger partial charge in [-0.25, -0.2) is 9.07 Å². The largest absolute Gasteiger partial charge is 0.463 e. The number of carbonyl (C=O) groups is 1. The molecule has 3 aromatic rings. The van der Waals surface area contributed by atoms with Crippen LogP contribution in [0.25, 0.3) is 11.5 Å². The van der Waals surface area contributed by atoms with Gasteiger partial charge >= 0.3 is 0 Å². The molecule has 0 aliphatic heterocycles. The molecular weight excluding hydrogens is 325 g/mol. The Hall–Kier alpha value is -3.22. The van der Waals surface area contributed by atoms with Gasteiger partial charge in [-0.3, -0.25) is 9.59 Å². The summed E-state index contributed by atoms with van der Waals surface area (Å²) < 4.78 is 19.3. The third kappa shape index (κ3) is 3.82. The summed E-state index contributed by atoms with van der Waals surface area (Å²) in [6.07, 6.45) is 1.51. The molecule has 25 heavy (non-hydrogen) atoms. The molecule has 0 spiro atoms. The fourth-order valence-electron chi connectivity index (χ4n) is 2.31. The Morgan fingerprint density at radius 1 is 1.24 bits per heavy atom. The van der Waals surface area contributed by atoms with E-state index in [1.165, 1.54) is 24.5 Å². The Kier molecular flexibility index (Phi) is 4.74. The average Bonchev–Trinajstić information content (AvgIpc) is 3.15. The van der Waals surface area contributed by atoms with Gasteiger partial charge in [-0.15, -0.1) is 0 Å². The minimum absolute atomic E-state index is 0.232. The fourth-order valence-corrected chi connectivity index (χ4v) is 2.31. The van der Waals surface area contributed by atoms with Crippen molar-refractivity contribution in [2.24, 2.45) is 0 Å². The Balaban J connectivity index is 1.74. The first-order chi connectivity index (χ1) is 12.0. The van der Waals surface area contributed by atoms with E-state index in [1.807, 2.05) is 0 Å². The second-order valence-corrected chi connectivity index (χ2v) is 5.50. The smallest absolute Gasteiger partial charge is 0.267 e. The van der Waals surface area contributed by atoms with Gasteiger partial charge in [-0.2, -0.15) is 5.10 Å². The minimum atomic E-state index is -0.803. The van der Waals surface area contributed by atoms with E-state index in [0.29, 0.717) is 11.5 Å². The molecule has 0 aliphatic carbocycles.